The van der Waals surface area contributed by atoms with E-state index in [9.17, 15) is 0 Å². The molecule has 0 spiro atoms. The predicted octanol–water partition coefficient (Wildman–Crippen LogP) is 8.67. The van der Waals surface area contributed by atoms with Gasteiger partial charge < -0.3 is 0 Å². The second-order valence-corrected chi connectivity index (χ2v) is 11.6. The molecule has 154 valence electrons. The minimum Gasteiger partial charge on any atom is -0.272 e. The van der Waals surface area contributed by atoms with E-state index in [2.05, 4.69) is 91.0 Å². The van der Waals surface area contributed by atoms with E-state index >= 15 is 0 Å². The van der Waals surface area contributed by atoms with Gasteiger partial charge in [0.1, 0.15) is 0 Å². The topological polar surface area (TPSA) is 12.4 Å². The first kappa shape index (κ1) is 29.1. The predicted molar refractivity (Wildman–Crippen MR) is 125 cm³/mol. The van der Waals surface area contributed by atoms with Crippen molar-refractivity contribution in [2.24, 2.45) is 16.6 Å². The van der Waals surface area contributed by atoms with Crippen LogP contribution in [0.5, 0.6) is 0 Å². The van der Waals surface area contributed by atoms with Crippen molar-refractivity contribution in [1.29, 1.82) is 0 Å². The number of allylic oxidation sites excluding steroid dienone is 7. The van der Waals surface area contributed by atoms with Crippen LogP contribution in [0.4, 0.5) is 0 Å². The molecule has 0 fully saturated rings. The van der Waals surface area contributed by atoms with Gasteiger partial charge in [-0.2, -0.15) is 0 Å². The van der Waals surface area contributed by atoms with Gasteiger partial charge in [-0.25, -0.2) is 0 Å². The fourth-order valence-electron chi connectivity index (χ4n) is 3.09. The maximum Gasteiger partial charge on any atom is 0.0425 e. The Morgan fingerprint density at radius 2 is 1.33 bits per heavy atom. The molecule has 0 saturated heterocycles. The molecule has 0 heterocycles. The van der Waals surface area contributed by atoms with Gasteiger partial charge in [0.25, 0.3) is 0 Å². The molecule has 27 heavy (non-hydrogen) atoms. The Morgan fingerprint density at radius 3 is 1.63 bits per heavy atom. The molecule has 0 amide bonds. The third-order valence-electron chi connectivity index (χ3n) is 4.11. The average Bonchev–Trinajstić information content (AvgIpc) is 3.05. The summed E-state index contributed by atoms with van der Waals surface area (Å²) in [5.41, 5.74) is 1.34. The molecule has 1 aliphatic rings. The minimum atomic E-state index is -1.03. The second-order valence-electron chi connectivity index (χ2n) is 7.91. The van der Waals surface area contributed by atoms with Crippen LogP contribution < -0.4 is 0 Å². The normalized spacial score (nSPS) is 13.9. The summed E-state index contributed by atoms with van der Waals surface area (Å²) in [6, 6.07) is 0. The molecular weight excluding hydrogens is 381 g/mol. The van der Waals surface area contributed by atoms with Crippen molar-refractivity contribution in [2.75, 3.05) is 18.5 Å². The summed E-state index contributed by atoms with van der Waals surface area (Å²) in [6.45, 7) is 15.6. The zero-order valence-corrected chi connectivity index (χ0v) is 21.5. The van der Waals surface area contributed by atoms with Gasteiger partial charge in [-0.15, -0.1) is 0 Å². The average molecular weight is 425 g/mol. The molecule has 0 aromatic rings. The fraction of sp³-hybridized carbons (Fsp3) is 0.667. The van der Waals surface area contributed by atoms with Gasteiger partial charge in [0.2, 0.25) is 0 Å². The van der Waals surface area contributed by atoms with Crippen molar-refractivity contribution in [3.05, 3.63) is 48.2 Å². The molecule has 0 aromatic carbocycles. The van der Waals surface area contributed by atoms with Crippen molar-refractivity contribution >= 4 is 7.05 Å². The van der Waals surface area contributed by atoms with Crippen molar-refractivity contribution < 1.29 is 21.7 Å². The van der Waals surface area contributed by atoms with Crippen molar-refractivity contribution in [2.45, 2.75) is 74.1 Å². The Kier molecular flexibility index (Phi) is 19.4. The zero-order chi connectivity index (χ0) is 19.8. The van der Waals surface area contributed by atoms with Crippen LogP contribution in [0.1, 0.15) is 74.1 Å². The number of hydrogen-bond acceptors (Lipinski definition) is 1. The Balaban J connectivity index is 0. The van der Waals surface area contributed by atoms with E-state index in [-0.39, 0.29) is 21.7 Å². The molecule has 0 radical (unpaired) electrons. The van der Waals surface area contributed by atoms with E-state index in [1.807, 2.05) is 0 Å². The molecule has 3 heteroatoms. The first-order valence-corrected chi connectivity index (χ1v) is 13.0. The Bertz CT molecular complexity index is 485. The summed E-state index contributed by atoms with van der Waals surface area (Å²) in [5.74, 6) is 1.33. The molecule has 0 atom stereocenters. The van der Waals surface area contributed by atoms with Crippen LogP contribution in [0.2, 0.25) is 0 Å². The van der Waals surface area contributed by atoms with Gasteiger partial charge in [0, 0.05) is 33.8 Å². The molecular formula is C24H44NPTi. The first-order valence-electron chi connectivity index (χ1n) is 10.7. The van der Waals surface area contributed by atoms with Gasteiger partial charge in [0.05, 0.1) is 0 Å². The van der Waals surface area contributed by atoms with E-state index in [1.54, 1.807) is 0 Å². The van der Waals surface area contributed by atoms with Crippen LogP contribution in [0.25, 0.3) is 0 Å². The summed E-state index contributed by atoms with van der Waals surface area (Å²) < 4.78 is 5.19. The third kappa shape index (κ3) is 15.5. The van der Waals surface area contributed by atoms with Crippen molar-refractivity contribution in [3.8, 4) is 0 Å². The van der Waals surface area contributed by atoms with Crippen LogP contribution in [-0.2, 0) is 21.7 Å². The van der Waals surface area contributed by atoms with Crippen LogP contribution in [-0.4, -0.2) is 18.5 Å². The van der Waals surface area contributed by atoms with Crippen molar-refractivity contribution in [3.63, 3.8) is 0 Å². The van der Waals surface area contributed by atoms with Gasteiger partial charge in [-0.1, -0.05) is 104 Å². The van der Waals surface area contributed by atoms with Crippen LogP contribution >= 0.6 is 7.05 Å². The van der Waals surface area contributed by atoms with Crippen LogP contribution in [0.15, 0.2) is 53.0 Å². The third-order valence-corrected chi connectivity index (χ3v) is 8.64. The first-order chi connectivity index (χ1) is 12.4. The molecule has 0 aromatic heterocycles. The summed E-state index contributed by atoms with van der Waals surface area (Å²) in [5, 5.41) is 0. The molecule has 0 saturated carbocycles. The minimum absolute atomic E-state index is 0. The molecule has 1 aliphatic carbocycles. The van der Waals surface area contributed by atoms with E-state index in [4.69, 9.17) is 4.74 Å². The summed E-state index contributed by atoms with van der Waals surface area (Å²) in [6.07, 6.45) is 24.2. The molecule has 0 aliphatic heterocycles. The standard InChI is InChI=1S/C14H26NP.C10H18.Ti/c1-4-11-16(12-5-2,13-6-3)15-14-9-7-8-10-14;1-9(2)7-5-6-8-10(3)4;/h7-9H,4-6,10-13H2,1-3H3;5-10H,1-4H3;. The fourth-order valence-corrected chi connectivity index (χ4v) is 7.25. The van der Waals surface area contributed by atoms with Gasteiger partial charge >= 0.3 is 0 Å². The Labute approximate surface area is 185 Å². The van der Waals surface area contributed by atoms with Crippen LogP contribution in [0.3, 0.4) is 0 Å². The molecule has 0 unspecified atom stereocenters. The van der Waals surface area contributed by atoms with Gasteiger partial charge in [-0.3, -0.25) is 4.74 Å². The van der Waals surface area contributed by atoms with E-state index in [0.717, 1.165) is 6.42 Å². The number of nitrogens with zero attached hydrogens (tertiary/aromatic N) is 1. The smallest absolute Gasteiger partial charge is 0.0425 e. The number of rotatable bonds is 10. The largest absolute Gasteiger partial charge is 0.272 e. The molecule has 1 rings (SSSR count). The SMILES string of the molecule is CC(C)C=CC=CC(C)C.CCCP(CCC)(CCC)=NC1=CC=CC1.[Ti]. The quantitative estimate of drug-likeness (QED) is 0.189. The molecule has 0 N–H and O–H groups in total. The summed E-state index contributed by atoms with van der Waals surface area (Å²) >= 11 is 0. The number of hydrogen-bond donors (Lipinski definition) is 0. The zero-order valence-electron chi connectivity index (χ0n) is 19.0. The van der Waals surface area contributed by atoms with E-state index < -0.39 is 7.05 Å². The summed E-state index contributed by atoms with van der Waals surface area (Å²) in [4.78, 5) is 0. The molecule has 0 bridgehead atoms. The molecule has 1 nitrogen and oxygen atoms in total. The maximum atomic E-state index is 5.19. The van der Waals surface area contributed by atoms with E-state index in [1.165, 1.54) is 43.4 Å². The van der Waals surface area contributed by atoms with Crippen molar-refractivity contribution in [1.82, 2.24) is 0 Å². The maximum absolute atomic E-state index is 5.19. The van der Waals surface area contributed by atoms with Gasteiger partial charge in [0.15, 0.2) is 0 Å². The summed E-state index contributed by atoms with van der Waals surface area (Å²) in [7, 11) is -1.03. The Morgan fingerprint density at radius 1 is 0.889 bits per heavy atom. The monoisotopic (exact) mass is 425 g/mol. The van der Waals surface area contributed by atoms with Gasteiger partial charge in [-0.05, 0) is 43.5 Å². The van der Waals surface area contributed by atoms with E-state index in [0.29, 0.717) is 11.8 Å². The Hall–Kier alpha value is -0.0957. The second kappa shape index (κ2) is 18.0. The van der Waals surface area contributed by atoms with Crippen LogP contribution in [0, 0.1) is 11.8 Å².